The molecule has 0 spiro atoms. The first-order valence-corrected chi connectivity index (χ1v) is 10.8. The van der Waals surface area contributed by atoms with Crippen molar-refractivity contribution in [2.75, 3.05) is 13.1 Å². The molecule has 2 aliphatic heterocycles. The molecular formula is C22H19FN2O2S. The van der Waals surface area contributed by atoms with Crippen molar-refractivity contribution in [2.45, 2.75) is 22.6 Å². The van der Waals surface area contributed by atoms with Gasteiger partial charge in [-0.1, -0.05) is 24.3 Å². The molecule has 2 aromatic carbocycles. The summed E-state index contributed by atoms with van der Waals surface area (Å²) in [4.78, 5) is 6.79. The van der Waals surface area contributed by atoms with Gasteiger partial charge in [-0.15, -0.1) is 0 Å². The minimum atomic E-state index is -3.33. The van der Waals surface area contributed by atoms with Crippen molar-refractivity contribution in [1.82, 2.24) is 9.88 Å². The number of rotatable bonds is 3. The molecule has 2 unspecified atom stereocenters. The van der Waals surface area contributed by atoms with Crippen LogP contribution in [0.2, 0.25) is 0 Å². The molecule has 0 radical (unpaired) electrons. The van der Waals surface area contributed by atoms with Crippen LogP contribution in [-0.2, 0) is 16.4 Å². The number of sulfone groups is 1. The summed E-state index contributed by atoms with van der Waals surface area (Å²) in [6.45, 7) is 1.93. The average Bonchev–Trinajstić information content (AvgIpc) is 3.21. The summed E-state index contributed by atoms with van der Waals surface area (Å²) in [6, 6.07) is 15.7. The van der Waals surface area contributed by atoms with Gasteiger partial charge in [0.05, 0.1) is 10.1 Å². The van der Waals surface area contributed by atoms with Crippen molar-refractivity contribution in [3.05, 3.63) is 83.9 Å². The van der Waals surface area contributed by atoms with Gasteiger partial charge in [-0.05, 0) is 52.6 Å². The predicted octanol–water partition coefficient (Wildman–Crippen LogP) is 3.64. The van der Waals surface area contributed by atoms with E-state index in [4.69, 9.17) is 0 Å². The van der Waals surface area contributed by atoms with Crippen LogP contribution in [0.3, 0.4) is 0 Å². The Morgan fingerprint density at radius 1 is 1.04 bits per heavy atom. The van der Waals surface area contributed by atoms with Gasteiger partial charge in [0.1, 0.15) is 5.82 Å². The van der Waals surface area contributed by atoms with E-state index in [9.17, 15) is 12.8 Å². The van der Waals surface area contributed by atoms with Crippen LogP contribution in [0.4, 0.5) is 4.39 Å². The normalized spacial score (nSPS) is 22.8. The van der Waals surface area contributed by atoms with Crippen molar-refractivity contribution in [1.29, 1.82) is 0 Å². The molecule has 1 aromatic heterocycles. The number of hydrogen-bond acceptors (Lipinski definition) is 4. The summed E-state index contributed by atoms with van der Waals surface area (Å²) in [5.41, 5.74) is 3.77. The third-order valence-corrected chi connectivity index (χ3v) is 8.02. The third-order valence-electron chi connectivity index (χ3n) is 5.76. The lowest BCUT2D eigenvalue weighted by Crippen LogP contribution is -2.25. The molecule has 28 heavy (non-hydrogen) atoms. The Hall–Kier alpha value is -2.57. The van der Waals surface area contributed by atoms with Crippen molar-refractivity contribution in [3.8, 4) is 11.1 Å². The first-order valence-electron chi connectivity index (χ1n) is 9.27. The van der Waals surface area contributed by atoms with Gasteiger partial charge >= 0.3 is 0 Å². The molecule has 0 amide bonds. The van der Waals surface area contributed by atoms with E-state index in [1.807, 2.05) is 30.5 Å². The van der Waals surface area contributed by atoms with Crippen molar-refractivity contribution in [3.63, 3.8) is 0 Å². The molecule has 2 aliphatic rings. The average molecular weight is 394 g/mol. The molecule has 0 N–H and O–H groups in total. The molecule has 1 saturated heterocycles. The van der Waals surface area contributed by atoms with Crippen molar-refractivity contribution >= 4 is 9.84 Å². The van der Waals surface area contributed by atoms with Crippen LogP contribution in [-0.4, -0.2) is 36.6 Å². The van der Waals surface area contributed by atoms with Crippen molar-refractivity contribution in [2.24, 2.45) is 0 Å². The Balaban J connectivity index is 1.48. The van der Waals surface area contributed by atoms with Crippen LogP contribution in [0, 0.1) is 5.82 Å². The lowest BCUT2D eigenvalue weighted by molar-refractivity contribution is 0.325. The molecule has 0 saturated carbocycles. The molecule has 1 fully saturated rings. The fraction of sp³-hybridized carbons (Fsp3) is 0.227. The van der Waals surface area contributed by atoms with E-state index in [-0.39, 0.29) is 11.7 Å². The van der Waals surface area contributed by atoms with Crippen LogP contribution in [0.15, 0.2) is 71.9 Å². The second-order valence-electron chi connectivity index (χ2n) is 7.50. The first-order chi connectivity index (χ1) is 13.5. The summed E-state index contributed by atoms with van der Waals surface area (Å²) in [6.07, 6.45) is 3.56. The van der Waals surface area contributed by atoms with Crippen LogP contribution < -0.4 is 0 Å². The Morgan fingerprint density at radius 3 is 2.57 bits per heavy atom. The molecule has 3 aromatic rings. The number of benzene rings is 2. The highest BCUT2D eigenvalue weighted by atomic mass is 32.2. The van der Waals surface area contributed by atoms with Gasteiger partial charge in [-0.25, -0.2) is 12.8 Å². The molecular weight excluding hydrogens is 375 g/mol. The van der Waals surface area contributed by atoms with E-state index in [0.29, 0.717) is 24.5 Å². The maximum absolute atomic E-state index is 13.2. The number of hydrogen-bond donors (Lipinski definition) is 0. The summed E-state index contributed by atoms with van der Waals surface area (Å²) >= 11 is 0. The zero-order valence-electron chi connectivity index (χ0n) is 15.1. The maximum atomic E-state index is 13.2. The summed E-state index contributed by atoms with van der Waals surface area (Å²) in [5, 5.41) is -0.400. The molecule has 0 bridgehead atoms. The maximum Gasteiger partial charge on any atom is 0.183 e. The number of fused-ring (bicyclic) bond motifs is 3. The van der Waals surface area contributed by atoms with Gasteiger partial charge in [0.2, 0.25) is 0 Å². The van der Waals surface area contributed by atoms with E-state index in [1.54, 1.807) is 24.4 Å². The fourth-order valence-corrected chi connectivity index (χ4v) is 6.62. The second-order valence-corrected chi connectivity index (χ2v) is 9.64. The van der Waals surface area contributed by atoms with Gasteiger partial charge < -0.3 is 0 Å². The van der Waals surface area contributed by atoms with Gasteiger partial charge in [-0.3, -0.25) is 9.88 Å². The smallest absolute Gasteiger partial charge is 0.183 e. The van der Waals surface area contributed by atoms with E-state index < -0.39 is 15.1 Å². The molecule has 0 aliphatic carbocycles. The molecule has 2 atom stereocenters. The lowest BCUT2D eigenvalue weighted by Gasteiger charge is -2.17. The zero-order valence-corrected chi connectivity index (χ0v) is 15.9. The van der Waals surface area contributed by atoms with E-state index >= 15 is 0 Å². The highest BCUT2D eigenvalue weighted by molar-refractivity contribution is 7.92. The number of nitrogens with zero attached hydrogens (tertiary/aromatic N) is 2. The number of likely N-dealkylation sites (tertiary alicyclic amines) is 1. The van der Waals surface area contributed by atoms with Gasteiger partial charge in [-0.2, -0.15) is 0 Å². The first kappa shape index (κ1) is 17.5. The third kappa shape index (κ3) is 2.84. The zero-order chi connectivity index (χ0) is 19.3. The quantitative estimate of drug-likeness (QED) is 0.681. The summed E-state index contributed by atoms with van der Waals surface area (Å²) in [5.74, 6) is -0.313. The summed E-state index contributed by atoms with van der Waals surface area (Å²) < 4.78 is 39.4. The number of pyridine rings is 1. The van der Waals surface area contributed by atoms with Crippen molar-refractivity contribution < 1.29 is 12.8 Å². The monoisotopic (exact) mass is 394 g/mol. The van der Waals surface area contributed by atoms with Gasteiger partial charge in [0, 0.05) is 37.9 Å². The highest BCUT2D eigenvalue weighted by Gasteiger charge is 2.50. The topological polar surface area (TPSA) is 50.3 Å². The summed E-state index contributed by atoms with van der Waals surface area (Å²) in [7, 11) is -3.33. The largest absolute Gasteiger partial charge is 0.297 e. The van der Waals surface area contributed by atoms with Gasteiger partial charge in [0.25, 0.3) is 0 Å². The van der Waals surface area contributed by atoms with Crippen LogP contribution in [0.1, 0.15) is 17.0 Å². The highest BCUT2D eigenvalue weighted by Crippen LogP contribution is 2.46. The Kier molecular flexibility index (Phi) is 4.07. The fourth-order valence-electron chi connectivity index (χ4n) is 4.43. The second kappa shape index (κ2) is 6.50. The van der Waals surface area contributed by atoms with Crippen LogP contribution >= 0.6 is 0 Å². The lowest BCUT2D eigenvalue weighted by atomic mass is 9.94. The SMILES string of the molecule is O=S1(=O)c2ccc(-c3ccc(F)cc3)cc2C2CN(Cc3cccnc3)CC21. The minimum absolute atomic E-state index is 0.0305. The molecule has 142 valence electrons. The molecule has 5 rings (SSSR count). The number of aromatic nitrogens is 1. The van der Waals surface area contributed by atoms with E-state index in [0.717, 1.165) is 22.3 Å². The Labute approximate surface area is 163 Å². The van der Waals surface area contributed by atoms with Gasteiger partial charge in [0.15, 0.2) is 9.84 Å². The minimum Gasteiger partial charge on any atom is -0.297 e. The Morgan fingerprint density at radius 2 is 1.82 bits per heavy atom. The van der Waals surface area contributed by atoms with E-state index in [1.165, 1.54) is 12.1 Å². The van der Waals surface area contributed by atoms with Crippen LogP contribution in [0.5, 0.6) is 0 Å². The standard InChI is InChI=1S/C22H19FN2O2S/c23-18-6-3-16(4-7-18)17-5-8-21-19(10-17)20-13-25(14-22(20)28(21,26)27)12-15-2-1-9-24-11-15/h1-11,20,22H,12-14H2. The molecule has 3 heterocycles. The Bertz CT molecular complexity index is 1130. The molecule has 4 nitrogen and oxygen atoms in total. The van der Waals surface area contributed by atoms with Crippen LogP contribution in [0.25, 0.3) is 11.1 Å². The predicted molar refractivity (Wildman–Crippen MR) is 105 cm³/mol. The number of halogens is 1. The molecule has 6 heteroatoms. The van der Waals surface area contributed by atoms with E-state index in [2.05, 4.69) is 9.88 Å².